The van der Waals surface area contributed by atoms with Gasteiger partial charge in [0.25, 0.3) is 0 Å². The maximum absolute atomic E-state index is 13.0. The second-order valence-electron chi connectivity index (χ2n) is 5.34. The van der Waals surface area contributed by atoms with Gasteiger partial charge in [-0.2, -0.15) is 0 Å². The van der Waals surface area contributed by atoms with Crippen molar-refractivity contribution < 1.29 is 13.9 Å². The standard InChI is InChI=1S/C15H22FN3O2/c1-21-12-6-8-19(10-12)7-2-3-15(20)18-11-4-5-13(16)14(17)9-11/h4-5,9,12H,2-3,6-8,10,17H2,1H3,(H,18,20). The summed E-state index contributed by atoms with van der Waals surface area (Å²) in [5, 5.41) is 2.73. The van der Waals surface area contributed by atoms with Crippen LogP contribution >= 0.6 is 0 Å². The molecule has 3 N–H and O–H groups in total. The molecule has 1 fully saturated rings. The van der Waals surface area contributed by atoms with Gasteiger partial charge in [0, 0.05) is 32.3 Å². The Labute approximate surface area is 124 Å². The number of halogens is 1. The van der Waals surface area contributed by atoms with Crippen LogP contribution in [-0.2, 0) is 9.53 Å². The number of carbonyl (C=O) groups excluding carboxylic acids is 1. The number of nitrogens with zero attached hydrogens (tertiary/aromatic N) is 1. The summed E-state index contributed by atoms with van der Waals surface area (Å²) in [6.07, 6.45) is 2.60. The van der Waals surface area contributed by atoms with E-state index in [9.17, 15) is 9.18 Å². The molecule has 0 bridgehead atoms. The first-order valence-corrected chi connectivity index (χ1v) is 7.18. The molecule has 1 atom stereocenters. The number of hydrogen-bond donors (Lipinski definition) is 2. The van der Waals surface area contributed by atoms with Crippen LogP contribution in [0.4, 0.5) is 15.8 Å². The molecule has 0 saturated carbocycles. The van der Waals surface area contributed by atoms with Gasteiger partial charge in [-0.1, -0.05) is 0 Å². The highest BCUT2D eigenvalue weighted by Crippen LogP contribution is 2.17. The molecule has 1 heterocycles. The van der Waals surface area contributed by atoms with Crippen LogP contribution in [0.1, 0.15) is 19.3 Å². The summed E-state index contributed by atoms with van der Waals surface area (Å²) in [7, 11) is 1.73. The number of nitrogen functional groups attached to an aromatic ring is 1. The molecule has 2 rings (SSSR count). The first-order chi connectivity index (χ1) is 10.1. The summed E-state index contributed by atoms with van der Waals surface area (Å²) in [6.45, 7) is 2.85. The highest BCUT2D eigenvalue weighted by Gasteiger charge is 2.21. The second-order valence-corrected chi connectivity index (χ2v) is 5.34. The van der Waals surface area contributed by atoms with Crippen molar-refractivity contribution in [3.05, 3.63) is 24.0 Å². The lowest BCUT2D eigenvalue weighted by Crippen LogP contribution is -2.25. The zero-order valence-electron chi connectivity index (χ0n) is 12.3. The minimum atomic E-state index is -0.477. The average molecular weight is 295 g/mol. The molecular formula is C15H22FN3O2. The number of rotatable bonds is 6. The number of benzene rings is 1. The highest BCUT2D eigenvalue weighted by molar-refractivity contribution is 5.91. The van der Waals surface area contributed by atoms with Crippen LogP contribution in [0, 0.1) is 5.82 Å². The van der Waals surface area contributed by atoms with E-state index in [0.717, 1.165) is 32.5 Å². The Kier molecular flexibility index (Phi) is 5.52. The molecule has 0 aliphatic carbocycles. The smallest absolute Gasteiger partial charge is 0.224 e. The predicted molar refractivity (Wildman–Crippen MR) is 80.5 cm³/mol. The van der Waals surface area contributed by atoms with Crippen LogP contribution in [0.3, 0.4) is 0 Å². The molecule has 116 valence electrons. The lowest BCUT2D eigenvalue weighted by molar-refractivity contribution is -0.116. The summed E-state index contributed by atoms with van der Waals surface area (Å²) >= 11 is 0. The fourth-order valence-corrected chi connectivity index (χ4v) is 2.50. The lowest BCUT2D eigenvalue weighted by atomic mass is 10.2. The maximum Gasteiger partial charge on any atom is 0.224 e. The number of methoxy groups -OCH3 is 1. The summed E-state index contributed by atoms with van der Waals surface area (Å²) in [4.78, 5) is 14.1. The van der Waals surface area contributed by atoms with Crippen molar-refractivity contribution in [3.8, 4) is 0 Å². The number of nitrogens with two attached hydrogens (primary N) is 1. The summed E-state index contributed by atoms with van der Waals surface area (Å²) in [6, 6.07) is 4.18. The molecule has 1 amide bonds. The average Bonchev–Trinajstić information content (AvgIpc) is 2.91. The van der Waals surface area contributed by atoms with Crippen LogP contribution in [0.2, 0.25) is 0 Å². The number of nitrogens with one attached hydrogen (secondary N) is 1. The number of hydrogen-bond acceptors (Lipinski definition) is 4. The van der Waals surface area contributed by atoms with Crippen molar-refractivity contribution in [2.24, 2.45) is 0 Å². The third-order valence-corrected chi connectivity index (χ3v) is 3.72. The van der Waals surface area contributed by atoms with Crippen LogP contribution in [0.25, 0.3) is 0 Å². The SMILES string of the molecule is COC1CCN(CCCC(=O)Nc2ccc(F)c(N)c2)C1. The molecule has 0 aromatic heterocycles. The van der Waals surface area contributed by atoms with Gasteiger partial charge in [-0.15, -0.1) is 0 Å². The molecular weight excluding hydrogens is 273 g/mol. The van der Waals surface area contributed by atoms with E-state index >= 15 is 0 Å². The van der Waals surface area contributed by atoms with Gasteiger partial charge in [0.2, 0.25) is 5.91 Å². The predicted octanol–water partition coefficient (Wildman–Crippen LogP) is 1.85. The number of ether oxygens (including phenoxy) is 1. The van der Waals surface area contributed by atoms with E-state index in [-0.39, 0.29) is 11.6 Å². The molecule has 6 heteroatoms. The quantitative estimate of drug-likeness (QED) is 0.786. The van der Waals surface area contributed by atoms with Gasteiger partial charge in [0.15, 0.2) is 0 Å². The number of anilines is 2. The van der Waals surface area contributed by atoms with Crippen molar-refractivity contribution in [2.45, 2.75) is 25.4 Å². The van der Waals surface area contributed by atoms with Gasteiger partial charge in [-0.3, -0.25) is 4.79 Å². The molecule has 1 aliphatic heterocycles. The van der Waals surface area contributed by atoms with Crippen molar-refractivity contribution in [1.82, 2.24) is 4.90 Å². The van der Waals surface area contributed by atoms with Crippen molar-refractivity contribution >= 4 is 17.3 Å². The van der Waals surface area contributed by atoms with E-state index in [1.807, 2.05) is 0 Å². The molecule has 0 spiro atoms. The van der Waals surface area contributed by atoms with Gasteiger partial charge in [-0.05, 0) is 37.6 Å². The molecule has 1 aromatic carbocycles. The zero-order valence-corrected chi connectivity index (χ0v) is 12.3. The largest absolute Gasteiger partial charge is 0.396 e. The Hall–Kier alpha value is -1.66. The Morgan fingerprint density at radius 1 is 1.57 bits per heavy atom. The number of amides is 1. The van der Waals surface area contributed by atoms with Crippen molar-refractivity contribution in [2.75, 3.05) is 37.8 Å². The van der Waals surface area contributed by atoms with Crippen molar-refractivity contribution in [1.29, 1.82) is 0 Å². The van der Waals surface area contributed by atoms with Crippen molar-refractivity contribution in [3.63, 3.8) is 0 Å². The van der Waals surface area contributed by atoms with E-state index in [2.05, 4.69) is 10.2 Å². The molecule has 1 aliphatic rings. The second kappa shape index (κ2) is 7.38. The molecule has 21 heavy (non-hydrogen) atoms. The fourth-order valence-electron chi connectivity index (χ4n) is 2.50. The topological polar surface area (TPSA) is 67.6 Å². The van der Waals surface area contributed by atoms with Gasteiger partial charge in [0.05, 0.1) is 11.8 Å². The number of carbonyl (C=O) groups is 1. The molecule has 1 unspecified atom stereocenters. The first kappa shape index (κ1) is 15.7. The lowest BCUT2D eigenvalue weighted by Gasteiger charge is -2.15. The third kappa shape index (κ3) is 4.68. The van der Waals surface area contributed by atoms with Crippen LogP contribution in [-0.4, -0.2) is 43.7 Å². The Balaban J connectivity index is 1.69. The molecule has 5 nitrogen and oxygen atoms in total. The zero-order chi connectivity index (χ0) is 15.2. The fraction of sp³-hybridized carbons (Fsp3) is 0.533. The normalized spacial score (nSPS) is 18.9. The molecule has 1 saturated heterocycles. The van der Waals surface area contributed by atoms with E-state index < -0.39 is 5.82 Å². The third-order valence-electron chi connectivity index (χ3n) is 3.72. The molecule has 1 aromatic rings. The van der Waals surface area contributed by atoms with Gasteiger partial charge in [0.1, 0.15) is 5.82 Å². The van der Waals surface area contributed by atoms with E-state index in [1.165, 1.54) is 18.2 Å². The number of likely N-dealkylation sites (tertiary alicyclic amines) is 1. The molecule has 0 radical (unpaired) electrons. The summed E-state index contributed by atoms with van der Waals surface area (Å²) in [5.41, 5.74) is 6.03. The summed E-state index contributed by atoms with van der Waals surface area (Å²) in [5.74, 6) is -0.557. The van der Waals surface area contributed by atoms with E-state index in [1.54, 1.807) is 7.11 Å². The van der Waals surface area contributed by atoms with Gasteiger partial charge < -0.3 is 20.7 Å². The Morgan fingerprint density at radius 3 is 3.05 bits per heavy atom. The summed E-state index contributed by atoms with van der Waals surface area (Å²) < 4.78 is 18.3. The first-order valence-electron chi connectivity index (χ1n) is 7.18. The highest BCUT2D eigenvalue weighted by atomic mass is 19.1. The van der Waals surface area contributed by atoms with Crippen LogP contribution in [0.5, 0.6) is 0 Å². The van der Waals surface area contributed by atoms with E-state index in [4.69, 9.17) is 10.5 Å². The van der Waals surface area contributed by atoms with Crippen LogP contribution < -0.4 is 11.1 Å². The van der Waals surface area contributed by atoms with Crippen LogP contribution in [0.15, 0.2) is 18.2 Å². The van der Waals surface area contributed by atoms with Gasteiger partial charge >= 0.3 is 0 Å². The monoisotopic (exact) mass is 295 g/mol. The van der Waals surface area contributed by atoms with E-state index in [0.29, 0.717) is 18.2 Å². The minimum Gasteiger partial charge on any atom is -0.396 e. The minimum absolute atomic E-state index is 0.0375. The Morgan fingerprint density at radius 2 is 2.38 bits per heavy atom. The van der Waals surface area contributed by atoms with Gasteiger partial charge in [-0.25, -0.2) is 4.39 Å². The Bertz CT molecular complexity index is 496. The maximum atomic E-state index is 13.0.